The van der Waals surface area contributed by atoms with Gasteiger partial charge in [-0.2, -0.15) is 10.2 Å². The Balaban J connectivity index is 1.97. The number of nitrogens with zero attached hydrogens (tertiary/aromatic N) is 2. The van der Waals surface area contributed by atoms with E-state index < -0.39 is 0 Å². The first-order valence-corrected chi connectivity index (χ1v) is 7.70. The van der Waals surface area contributed by atoms with Gasteiger partial charge in [-0.3, -0.25) is 0 Å². The Labute approximate surface area is 133 Å². The highest BCUT2D eigenvalue weighted by molar-refractivity contribution is 7.99. The molecule has 0 spiro atoms. The first kappa shape index (κ1) is 14.4. The molecule has 108 valence electrons. The molecule has 0 aliphatic carbocycles. The lowest BCUT2D eigenvalue weighted by molar-refractivity contribution is 0.483. The molecule has 3 aromatic rings. The largest absolute Gasteiger partial charge is 0.428 e. The van der Waals surface area contributed by atoms with Crippen molar-refractivity contribution in [3.8, 4) is 17.5 Å². The van der Waals surface area contributed by atoms with Gasteiger partial charge in [0.25, 0.3) is 0 Å². The molecule has 0 amide bonds. The fourth-order valence-electron chi connectivity index (χ4n) is 2.09. The van der Waals surface area contributed by atoms with E-state index in [1.165, 1.54) is 17.3 Å². The third-order valence-electron chi connectivity index (χ3n) is 3.31. The van der Waals surface area contributed by atoms with Crippen LogP contribution >= 0.6 is 11.8 Å². The molecule has 4 heteroatoms. The van der Waals surface area contributed by atoms with Crippen molar-refractivity contribution in [1.82, 2.24) is 4.98 Å². The van der Waals surface area contributed by atoms with E-state index >= 15 is 0 Å². The number of hydrogen-bond acceptors (Lipinski definition) is 4. The van der Waals surface area contributed by atoms with Gasteiger partial charge in [0, 0.05) is 10.5 Å². The highest BCUT2D eigenvalue weighted by atomic mass is 32.2. The molecule has 22 heavy (non-hydrogen) atoms. The number of nitriles is 1. The molecule has 0 radical (unpaired) electrons. The maximum Gasteiger partial charge on any atom is 0.229 e. The number of aromatic nitrogens is 1. The van der Waals surface area contributed by atoms with Gasteiger partial charge >= 0.3 is 0 Å². The lowest BCUT2D eigenvalue weighted by Crippen LogP contribution is -1.82. The van der Waals surface area contributed by atoms with Gasteiger partial charge in [0.1, 0.15) is 6.07 Å². The summed E-state index contributed by atoms with van der Waals surface area (Å²) in [7, 11) is 0. The van der Waals surface area contributed by atoms with Crippen LogP contribution in [-0.2, 0) is 0 Å². The summed E-state index contributed by atoms with van der Waals surface area (Å²) in [5.41, 5.74) is 3.50. The molecule has 1 aromatic heterocycles. The Morgan fingerprint density at radius 1 is 1.05 bits per heavy atom. The van der Waals surface area contributed by atoms with Crippen molar-refractivity contribution >= 4 is 11.8 Å². The van der Waals surface area contributed by atoms with Gasteiger partial charge in [-0.1, -0.05) is 35.9 Å². The van der Waals surface area contributed by atoms with Crippen molar-refractivity contribution in [2.75, 3.05) is 0 Å². The van der Waals surface area contributed by atoms with E-state index in [1.807, 2.05) is 62.4 Å². The summed E-state index contributed by atoms with van der Waals surface area (Å²) in [6, 6.07) is 18.1. The van der Waals surface area contributed by atoms with Crippen LogP contribution in [0.2, 0.25) is 0 Å². The molecule has 0 bridgehead atoms. The fraction of sp³-hybridized carbons (Fsp3) is 0.111. The van der Waals surface area contributed by atoms with Crippen LogP contribution in [0.5, 0.6) is 0 Å². The van der Waals surface area contributed by atoms with Gasteiger partial charge in [0.2, 0.25) is 11.0 Å². The molecule has 0 fully saturated rings. The van der Waals surface area contributed by atoms with E-state index in [9.17, 15) is 5.26 Å². The van der Waals surface area contributed by atoms with Crippen molar-refractivity contribution in [2.45, 2.75) is 23.8 Å². The predicted octanol–water partition coefficient (Wildman–Crippen LogP) is 4.98. The summed E-state index contributed by atoms with van der Waals surface area (Å²) < 4.78 is 5.84. The van der Waals surface area contributed by atoms with Crippen molar-refractivity contribution in [1.29, 1.82) is 5.26 Å². The van der Waals surface area contributed by atoms with E-state index in [0.29, 0.717) is 16.7 Å². The van der Waals surface area contributed by atoms with Gasteiger partial charge in [0.15, 0.2) is 5.69 Å². The zero-order valence-corrected chi connectivity index (χ0v) is 13.1. The zero-order valence-electron chi connectivity index (χ0n) is 12.3. The normalized spacial score (nSPS) is 10.4. The van der Waals surface area contributed by atoms with Crippen LogP contribution in [-0.4, -0.2) is 4.98 Å². The summed E-state index contributed by atoms with van der Waals surface area (Å²) in [6.45, 7) is 4.04. The van der Waals surface area contributed by atoms with Gasteiger partial charge in [-0.05, 0) is 49.4 Å². The molecule has 0 saturated heterocycles. The van der Waals surface area contributed by atoms with Crippen LogP contribution in [0.3, 0.4) is 0 Å². The molecule has 1 heterocycles. The maximum atomic E-state index is 9.28. The monoisotopic (exact) mass is 306 g/mol. The molecular formula is C18H14N2OS. The van der Waals surface area contributed by atoms with Crippen LogP contribution in [0.25, 0.3) is 11.5 Å². The minimum Gasteiger partial charge on any atom is -0.428 e. The third kappa shape index (κ3) is 2.90. The van der Waals surface area contributed by atoms with E-state index in [2.05, 4.69) is 11.1 Å². The van der Waals surface area contributed by atoms with E-state index in [1.54, 1.807) is 0 Å². The lowest BCUT2D eigenvalue weighted by atomic mass is 10.1. The molecule has 0 saturated carbocycles. The summed E-state index contributed by atoms with van der Waals surface area (Å²) in [6.07, 6.45) is 0. The van der Waals surface area contributed by atoms with Crippen LogP contribution in [0.4, 0.5) is 0 Å². The molecule has 0 N–H and O–H groups in total. The van der Waals surface area contributed by atoms with E-state index in [0.717, 1.165) is 16.0 Å². The molecule has 0 aliphatic rings. The van der Waals surface area contributed by atoms with Crippen molar-refractivity contribution in [3.05, 3.63) is 65.4 Å². The average molecular weight is 306 g/mol. The Morgan fingerprint density at radius 3 is 2.45 bits per heavy atom. The molecule has 2 aromatic carbocycles. The Bertz CT molecular complexity index is 844. The van der Waals surface area contributed by atoms with Gasteiger partial charge in [-0.15, -0.1) is 0 Å². The second-order valence-corrected chi connectivity index (χ2v) is 6.04. The van der Waals surface area contributed by atoms with Crippen LogP contribution in [0, 0.1) is 25.2 Å². The fourth-order valence-corrected chi connectivity index (χ4v) is 2.88. The highest BCUT2D eigenvalue weighted by Gasteiger charge is 2.16. The van der Waals surface area contributed by atoms with E-state index in [-0.39, 0.29) is 0 Å². The molecule has 0 unspecified atom stereocenters. The lowest BCUT2D eigenvalue weighted by Gasteiger charge is -2.00. The van der Waals surface area contributed by atoms with Crippen molar-refractivity contribution in [2.24, 2.45) is 0 Å². The smallest absolute Gasteiger partial charge is 0.229 e. The Morgan fingerprint density at radius 2 is 1.77 bits per heavy atom. The topological polar surface area (TPSA) is 49.8 Å². The summed E-state index contributed by atoms with van der Waals surface area (Å²) in [5, 5.41) is 9.82. The summed E-state index contributed by atoms with van der Waals surface area (Å²) >= 11 is 1.42. The molecule has 3 rings (SSSR count). The molecule has 0 atom stereocenters. The Kier molecular flexibility index (Phi) is 3.99. The van der Waals surface area contributed by atoms with Gasteiger partial charge < -0.3 is 4.42 Å². The average Bonchev–Trinajstić information content (AvgIpc) is 2.93. The Hall–Kier alpha value is -2.51. The number of hydrogen-bond donors (Lipinski definition) is 0. The standard InChI is InChI=1S/C18H14N2OS/c1-12-7-9-14(10-8-12)22-18-16(11-19)20-17(21-18)15-6-4-3-5-13(15)2/h3-10H,1-2H3. The van der Waals surface area contributed by atoms with Gasteiger partial charge in [0.05, 0.1) is 0 Å². The van der Waals surface area contributed by atoms with E-state index in [4.69, 9.17) is 4.42 Å². The van der Waals surface area contributed by atoms with Gasteiger partial charge in [-0.25, -0.2) is 0 Å². The molecular weight excluding hydrogens is 292 g/mol. The summed E-state index contributed by atoms with van der Waals surface area (Å²) in [4.78, 5) is 5.35. The second-order valence-electron chi connectivity index (χ2n) is 5.00. The first-order valence-electron chi connectivity index (χ1n) is 6.89. The van der Waals surface area contributed by atoms with Crippen LogP contribution in [0.15, 0.2) is 62.9 Å². The molecule has 3 nitrogen and oxygen atoms in total. The number of aryl methyl sites for hydroxylation is 2. The maximum absolute atomic E-state index is 9.28. The molecule has 0 aliphatic heterocycles. The number of rotatable bonds is 3. The minimum atomic E-state index is 0.323. The quantitative estimate of drug-likeness (QED) is 0.684. The second kappa shape index (κ2) is 6.08. The minimum absolute atomic E-state index is 0.323. The predicted molar refractivity (Wildman–Crippen MR) is 86.7 cm³/mol. The van der Waals surface area contributed by atoms with Crippen molar-refractivity contribution < 1.29 is 4.42 Å². The zero-order chi connectivity index (χ0) is 15.5. The van der Waals surface area contributed by atoms with Crippen LogP contribution < -0.4 is 0 Å². The highest BCUT2D eigenvalue weighted by Crippen LogP contribution is 2.34. The number of benzene rings is 2. The number of oxazole rings is 1. The SMILES string of the molecule is Cc1ccc(Sc2oc(-c3ccccc3C)nc2C#N)cc1. The first-order chi connectivity index (χ1) is 10.7. The summed E-state index contributed by atoms with van der Waals surface area (Å²) in [5.74, 6) is 0.490. The third-order valence-corrected chi connectivity index (χ3v) is 4.28. The van der Waals surface area contributed by atoms with Crippen molar-refractivity contribution in [3.63, 3.8) is 0 Å². The van der Waals surface area contributed by atoms with Crippen LogP contribution in [0.1, 0.15) is 16.8 Å².